The zero-order valence-corrected chi connectivity index (χ0v) is 18.1. The van der Waals surface area contributed by atoms with Crippen LogP contribution in [0.5, 0.6) is 11.5 Å². The molecule has 0 amide bonds. The lowest BCUT2D eigenvalue weighted by Gasteiger charge is -2.29. The second-order valence-corrected chi connectivity index (χ2v) is 8.14. The first-order valence-electron chi connectivity index (χ1n) is 11.2. The molecule has 0 saturated heterocycles. The Morgan fingerprint density at radius 1 is 0.903 bits per heavy atom. The molecular formula is C26H31F3O2. The summed E-state index contributed by atoms with van der Waals surface area (Å²) in [4.78, 5) is 0. The van der Waals surface area contributed by atoms with Crippen molar-refractivity contribution in [1.82, 2.24) is 0 Å². The summed E-state index contributed by atoms with van der Waals surface area (Å²) in [5.74, 6) is -1.54. The number of rotatable bonds is 10. The molecule has 1 saturated carbocycles. The zero-order valence-electron chi connectivity index (χ0n) is 18.1. The highest BCUT2D eigenvalue weighted by Crippen LogP contribution is 2.43. The third-order valence-corrected chi connectivity index (χ3v) is 6.00. The molecule has 31 heavy (non-hydrogen) atoms. The number of halogens is 3. The molecular weight excluding hydrogens is 401 g/mol. The van der Waals surface area contributed by atoms with Gasteiger partial charge in [0.25, 0.3) is 0 Å². The van der Waals surface area contributed by atoms with E-state index in [1.807, 2.05) is 6.07 Å². The van der Waals surface area contributed by atoms with Gasteiger partial charge < -0.3 is 9.47 Å². The Kier molecular flexibility index (Phi) is 8.44. The van der Waals surface area contributed by atoms with E-state index in [4.69, 9.17) is 9.47 Å². The summed E-state index contributed by atoms with van der Waals surface area (Å²) in [5.41, 5.74) is 1.06. The maximum absolute atomic E-state index is 14.7. The highest BCUT2D eigenvalue weighted by Gasteiger charge is 2.28. The van der Waals surface area contributed by atoms with Gasteiger partial charge in [0.15, 0.2) is 11.6 Å². The van der Waals surface area contributed by atoms with Gasteiger partial charge in [-0.2, -0.15) is 4.39 Å². The van der Waals surface area contributed by atoms with Crippen molar-refractivity contribution in [2.45, 2.75) is 63.7 Å². The van der Waals surface area contributed by atoms with Crippen molar-refractivity contribution in [2.75, 3.05) is 13.2 Å². The Balaban J connectivity index is 1.62. The molecule has 0 radical (unpaired) electrons. The van der Waals surface area contributed by atoms with Crippen molar-refractivity contribution in [3.8, 4) is 11.5 Å². The molecule has 0 unspecified atom stereocenters. The van der Waals surface area contributed by atoms with E-state index in [1.165, 1.54) is 12.1 Å². The van der Waals surface area contributed by atoms with Gasteiger partial charge in [0.1, 0.15) is 11.6 Å². The SMILES string of the molecule is C=CCCOc1ccc(C2CCC(c3ccc(OCCCC)cc3F)CC2)c(F)c1F. The van der Waals surface area contributed by atoms with Crippen molar-refractivity contribution in [2.24, 2.45) is 0 Å². The van der Waals surface area contributed by atoms with E-state index in [1.54, 1.807) is 18.2 Å². The molecule has 1 aliphatic rings. The van der Waals surface area contributed by atoms with Crippen molar-refractivity contribution < 1.29 is 22.6 Å². The van der Waals surface area contributed by atoms with E-state index < -0.39 is 11.6 Å². The van der Waals surface area contributed by atoms with Crippen LogP contribution >= 0.6 is 0 Å². The molecule has 168 valence electrons. The van der Waals surface area contributed by atoms with Crippen LogP contribution < -0.4 is 9.47 Å². The molecule has 2 aromatic carbocycles. The van der Waals surface area contributed by atoms with Gasteiger partial charge in [-0.1, -0.05) is 31.6 Å². The van der Waals surface area contributed by atoms with Gasteiger partial charge >= 0.3 is 0 Å². The van der Waals surface area contributed by atoms with Crippen LogP contribution in [-0.4, -0.2) is 13.2 Å². The fraction of sp³-hybridized carbons (Fsp3) is 0.462. The molecule has 0 N–H and O–H groups in total. The molecule has 0 atom stereocenters. The molecule has 2 nitrogen and oxygen atoms in total. The minimum atomic E-state index is -0.937. The second kappa shape index (κ2) is 11.3. The van der Waals surface area contributed by atoms with Gasteiger partial charge in [-0.15, -0.1) is 6.58 Å². The Morgan fingerprint density at radius 2 is 1.58 bits per heavy atom. The third kappa shape index (κ3) is 5.84. The summed E-state index contributed by atoms with van der Waals surface area (Å²) in [7, 11) is 0. The van der Waals surface area contributed by atoms with Gasteiger partial charge in [0.2, 0.25) is 5.82 Å². The second-order valence-electron chi connectivity index (χ2n) is 8.14. The van der Waals surface area contributed by atoms with Crippen LogP contribution in [0.15, 0.2) is 43.0 Å². The van der Waals surface area contributed by atoms with Gasteiger partial charge in [-0.05, 0) is 73.6 Å². The lowest BCUT2D eigenvalue weighted by molar-refractivity contribution is 0.298. The monoisotopic (exact) mass is 432 g/mol. The maximum atomic E-state index is 14.7. The van der Waals surface area contributed by atoms with Crippen LogP contribution in [0.4, 0.5) is 13.2 Å². The van der Waals surface area contributed by atoms with Crippen LogP contribution in [0.3, 0.4) is 0 Å². The molecule has 1 aliphatic carbocycles. The molecule has 5 heteroatoms. The smallest absolute Gasteiger partial charge is 0.200 e. The molecule has 0 aromatic heterocycles. The van der Waals surface area contributed by atoms with Crippen molar-refractivity contribution in [3.63, 3.8) is 0 Å². The number of benzene rings is 2. The first kappa shape index (κ1) is 23.2. The topological polar surface area (TPSA) is 18.5 Å². The van der Waals surface area contributed by atoms with E-state index >= 15 is 0 Å². The molecule has 3 rings (SSSR count). The van der Waals surface area contributed by atoms with E-state index in [2.05, 4.69) is 13.5 Å². The first-order valence-corrected chi connectivity index (χ1v) is 11.2. The lowest BCUT2D eigenvalue weighted by atomic mass is 9.76. The van der Waals surface area contributed by atoms with Crippen molar-refractivity contribution in [3.05, 3.63) is 71.6 Å². The van der Waals surface area contributed by atoms with Crippen LogP contribution in [0.25, 0.3) is 0 Å². The maximum Gasteiger partial charge on any atom is 0.200 e. The molecule has 0 bridgehead atoms. The van der Waals surface area contributed by atoms with Crippen LogP contribution in [0.2, 0.25) is 0 Å². The summed E-state index contributed by atoms with van der Waals surface area (Å²) in [6.45, 7) is 6.51. The number of unbranched alkanes of at least 4 members (excludes halogenated alkanes) is 1. The van der Waals surface area contributed by atoms with E-state index in [9.17, 15) is 13.2 Å². The third-order valence-electron chi connectivity index (χ3n) is 6.00. The summed E-state index contributed by atoms with van der Waals surface area (Å²) in [6.07, 6.45) is 7.03. The Labute approximate surface area is 183 Å². The van der Waals surface area contributed by atoms with Gasteiger partial charge in [-0.3, -0.25) is 0 Å². The fourth-order valence-corrected chi connectivity index (χ4v) is 4.20. The summed E-state index contributed by atoms with van der Waals surface area (Å²) in [6, 6.07) is 8.20. The van der Waals surface area contributed by atoms with Gasteiger partial charge in [0, 0.05) is 6.07 Å². The Morgan fingerprint density at radius 3 is 2.23 bits per heavy atom. The molecule has 0 heterocycles. The first-order chi connectivity index (χ1) is 15.0. The van der Waals surface area contributed by atoms with E-state index in [0.717, 1.165) is 25.7 Å². The van der Waals surface area contributed by atoms with E-state index in [-0.39, 0.29) is 30.0 Å². The summed E-state index contributed by atoms with van der Waals surface area (Å²) < 4.78 is 54.6. The minimum Gasteiger partial charge on any atom is -0.493 e. The van der Waals surface area contributed by atoms with E-state index in [0.29, 0.717) is 42.7 Å². The van der Waals surface area contributed by atoms with Gasteiger partial charge in [0.05, 0.1) is 13.2 Å². The zero-order chi connectivity index (χ0) is 22.2. The molecule has 1 fully saturated rings. The van der Waals surface area contributed by atoms with Gasteiger partial charge in [-0.25, -0.2) is 8.78 Å². The molecule has 0 aliphatic heterocycles. The summed E-state index contributed by atoms with van der Waals surface area (Å²) >= 11 is 0. The summed E-state index contributed by atoms with van der Waals surface area (Å²) in [5, 5.41) is 0. The highest BCUT2D eigenvalue weighted by atomic mass is 19.2. The van der Waals surface area contributed by atoms with Crippen LogP contribution in [-0.2, 0) is 0 Å². The van der Waals surface area contributed by atoms with Crippen molar-refractivity contribution in [1.29, 1.82) is 0 Å². The Hall–Kier alpha value is -2.43. The number of ether oxygens (including phenoxy) is 2. The molecule has 2 aromatic rings. The molecule has 0 spiro atoms. The largest absolute Gasteiger partial charge is 0.493 e. The lowest BCUT2D eigenvalue weighted by Crippen LogP contribution is -2.15. The standard InChI is InChI=1S/C26H31F3O2/c1-3-5-15-30-20-11-12-21(23(27)17-20)18-7-9-19(10-8-18)22-13-14-24(26(29)25(22)28)31-16-6-4-2/h4,11-14,17-19H,2-3,5-10,15-16H2,1H3. The average Bonchev–Trinajstić information content (AvgIpc) is 2.77. The fourth-order valence-electron chi connectivity index (χ4n) is 4.20. The number of hydrogen-bond acceptors (Lipinski definition) is 2. The normalized spacial score (nSPS) is 18.6. The Bertz CT molecular complexity index is 873. The highest BCUT2D eigenvalue weighted by molar-refractivity contribution is 5.35. The predicted molar refractivity (Wildman–Crippen MR) is 117 cm³/mol. The van der Waals surface area contributed by atoms with Crippen molar-refractivity contribution >= 4 is 0 Å². The quantitative estimate of drug-likeness (QED) is 0.283. The average molecular weight is 433 g/mol. The number of hydrogen-bond donors (Lipinski definition) is 0. The van der Waals surface area contributed by atoms with Crippen LogP contribution in [0.1, 0.15) is 74.8 Å². The minimum absolute atomic E-state index is 0.0693. The predicted octanol–water partition coefficient (Wildman–Crippen LogP) is 7.68. The van der Waals surface area contributed by atoms with Crippen LogP contribution in [0, 0.1) is 17.5 Å².